The first-order chi connectivity index (χ1) is 8.53. The number of amides is 1. The first kappa shape index (κ1) is 13.4. The Hall–Kier alpha value is -1.02. The van der Waals surface area contributed by atoms with Gasteiger partial charge < -0.3 is 5.32 Å². The van der Waals surface area contributed by atoms with Gasteiger partial charge in [0.2, 0.25) is 5.91 Å². The second-order valence-electron chi connectivity index (χ2n) is 5.76. The molecule has 1 N–H and O–H groups in total. The zero-order valence-electron chi connectivity index (χ0n) is 11.0. The second kappa shape index (κ2) is 5.31. The molecule has 0 aliphatic heterocycles. The molecule has 0 saturated heterocycles. The first-order valence-corrected chi connectivity index (χ1v) is 7.02. The summed E-state index contributed by atoms with van der Waals surface area (Å²) in [7, 11) is 0. The van der Waals surface area contributed by atoms with Crippen LogP contribution in [-0.4, -0.2) is 5.91 Å². The van der Waals surface area contributed by atoms with Crippen LogP contribution in [0.3, 0.4) is 0 Å². The largest absolute Gasteiger partial charge is 0.326 e. The molecular weight excluding hydrogens is 246 g/mol. The maximum atomic E-state index is 12.3. The fraction of sp³-hybridized carbons (Fsp3) is 0.533. The molecule has 1 fully saturated rings. The van der Waals surface area contributed by atoms with Gasteiger partial charge in [0.05, 0.1) is 0 Å². The summed E-state index contributed by atoms with van der Waals surface area (Å²) in [6.45, 7) is 4.36. The van der Waals surface area contributed by atoms with Crippen LogP contribution >= 0.6 is 11.6 Å². The topological polar surface area (TPSA) is 29.1 Å². The third kappa shape index (κ3) is 2.86. The Morgan fingerprint density at radius 3 is 2.89 bits per heavy atom. The Balaban J connectivity index is 2.07. The van der Waals surface area contributed by atoms with E-state index in [9.17, 15) is 4.79 Å². The van der Waals surface area contributed by atoms with Gasteiger partial charge in [-0.15, -0.1) is 11.6 Å². The highest BCUT2D eigenvalue weighted by Gasteiger charge is 2.39. The van der Waals surface area contributed by atoms with E-state index in [2.05, 4.69) is 19.2 Å². The van der Waals surface area contributed by atoms with Crippen LogP contribution in [0.25, 0.3) is 0 Å². The van der Waals surface area contributed by atoms with Crippen molar-refractivity contribution in [1.29, 1.82) is 0 Å². The molecule has 1 aliphatic rings. The molecule has 3 heteroatoms. The number of halogens is 1. The van der Waals surface area contributed by atoms with E-state index < -0.39 is 0 Å². The maximum absolute atomic E-state index is 12.3. The van der Waals surface area contributed by atoms with Crippen molar-refractivity contribution in [3.05, 3.63) is 29.8 Å². The summed E-state index contributed by atoms with van der Waals surface area (Å²) >= 11 is 5.80. The van der Waals surface area contributed by atoms with Crippen molar-refractivity contribution in [2.75, 3.05) is 5.32 Å². The number of nitrogens with one attached hydrogen (secondary N) is 1. The van der Waals surface area contributed by atoms with Crippen LogP contribution in [0.1, 0.15) is 38.7 Å². The molecule has 0 bridgehead atoms. The minimum atomic E-state index is 0.119. The van der Waals surface area contributed by atoms with E-state index >= 15 is 0 Å². The SMILES string of the molecule is CC1(C)CCCC1C(=O)Nc1cccc(CCl)c1. The molecule has 18 heavy (non-hydrogen) atoms. The summed E-state index contributed by atoms with van der Waals surface area (Å²) in [5, 5.41) is 3.02. The first-order valence-electron chi connectivity index (χ1n) is 6.49. The molecule has 0 aromatic heterocycles. The van der Waals surface area contributed by atoms with Gasteiger partial charge in [0.1, 0.15) is 0 Å². The minimum absolute atomic E-state index is 0.119. The summed E-state index contributed by atoms with van der Waals surface area (Å²) in [5.74, 6) is 0.736. The highest BCUT2D eigenvalue weighted by Crippen LogP contribution is 2.43. The lowest BCUT2D eigenvalue weighted by Crippen LogP contribution is -2.30. The highest BCUT2D eigenvalue weighted by atomic mass is 35.5. The number of hydrogen-bond donors (Lipinski definition) is 1. The second-order valence-corrected chi connectivity index (χ2v) is 6.02. The predicted octanol–water partition coefficient (Wildman–Crippen LogP) is 4.19. The molecule has 1 amide bonds. The van der Waals surface area contributed by atoms with Gasteiger partial charge in [-0.25, -0.2) is 0 Å². The third-order valence-corrected chi connectivity index (χ3v) is 4.23. The molecule has 0 radical (unpaired) electrons. The van der Waals surface area contributed by atoms with Crippen molar-refractivity contribution in [3.8, 4) is 0 Å². The average molecular weight is 266 g/mol. The van der Waals surface area contributed by atoms with E-state index in [1.807, 2.05) is 24.3 Å². The molecule has 1 aromatic rings. The number of carbonyl (C=O) groups excluding carboxylic acids is 1. The van der Waals surface area contributed by atoms with Gasteiger partial charge in [0.25, 0.3) is 0 Å². The minimum Gasteiger partial charge on any atom is -0.326 e. The van der Waals surface area contributed by atoms with E-state index in [-0.39, 0.29) is 17.2 Å². The number of carbonyl (C=O) groups is 1. The van der Waals surface area contributed by atoms with Crippen LogP contribution in [0.5, 0.6) is 0 Å². The molecule has 1 saturated carbocycles. The quantitative estimate of drug-likeness (QED) is 0.816. The van der Waals surface area contributed by atoms with Crippen LogP contribution in [0.2, 0.25) is 0 Å². The Kier molecular flexibility index (Phi) is 3.96. The fourth-order valence-corrected chi connectivity index (χ4v) is 2.94. The molecule has 0 spiro atoms. The van der Waals surface area contributed by atoms with Crippen molar-refractivity contribution >= 4 is 23.2 Å². The Bertz CT molecular complexity index is 442. The number of anilines is 1. The van der Waals surface area contributed by atoms with Crippen LogP contribution in [0.15, 0.2) is 24.3 Å². The molecule has 0 heterocycles. The Morgan fingerprint density at radius 2 is 2.28 bits per heavy atom. The molecule has 1 aromatic carbocycles. The van der Waals surface area contributed by atoms with Crippen molar-refractivity contribution in [3.63, 3.8) is 0 Å². The zero-order valence-corrected chi connectivity index (χ0v) is 11.8. The summed E-state index contributed by atoms with van der Waals surface area (Å²) in [6.07, 6.45) is 3.27. The molecule has 1 atom stereocenters. The lowest BCUT2D eigenvalue weighted by molar-refractivity contribution is -0.122. The van der Waals surface area contributed by atoms with Crippen LogP contribution in [-0.2, 0) is 10.7 Å². The lowest BCUT2D eigenvalue weighted by Gasteiger charge is -2.25. The molecular formula is C15H20ClNO. The fourth-order valence-electron chi connectivity index (χ4n) is 2.77. The number of benzene rings is 1. The highest BCUT2D eigenvalue weighted by molar-refractivity contribution is 6.17. The summed E-state index contributed by atoms with van der Waals surface area (Å²) in [4.78, 5) is 12.3. The normalized spacial score (nSPS) is 21.8. The molecule has 2 rings (SSSR count). The van der Waals surface area contributed by atoms with Gasteiger partial charge in [-0.05, 0) is 36.0 Å². The standard InChI is InChI=1S/C15H20ClNO/c1-15(2)8-4-7-13(15)14(18)17-12-6-3-5-11(9-12)10-16/h3,5-6,9,13H,4,7-8,10H2,1-2H3,(H,17,18). The maximum Gasteiger partial charge on any atom is 0.228 e. The molecule has 2 nitrogen and oxygen atoms in total. The van der Waals surface area contributed by atoms with Gasteiger partial charge in [0.15, 0.2) is 0 Å². The Labute approximate surface area is 114 Å². The lowest BCUT2D eigenvalue weighted by atomic mass is 9.81. The average Bonchev–Trinajstić information content (AvgIpc) is 2.69. The van der Waals surface area contributed by atoms with Crippen molar-refractivity contribution in [2.24, 2.45) is 11.3 Å². The summed E-state index contributed by atoms with van der Waals surface area (Å²) in [5.41, 5.74) is 2.00. The predicted molar refractivity (Wildman–Crippen MR) is 75.8 cm³/mol. The van der Waals surface area contributed by atoms with Gasteiger partial charge in [-0.3, -0.25) is 4.79 Å². The summed E-state index contributed by atoms with van der Waals surface area (Å²) in [6, 6.07) is 7.73. The number of rotatable bonds is 3. The molecule has 1 aliphatic carbocycles. The third-order valence-electron chi connectivity index (χ3n) is 3.92. The van der Waals surface area contributed by atoms with Crippen molar-refractivity contribution in [2.45, 2.75) is 39.0 Å². The van der Waals surface area contributed by atoms with Crippen LogP contribution in [0, 0.1) is 11.3 Å². The van der Waals surface area contributed by atoms with E-state index in [1.54, 1.807) is 0 Å². The van der Waals surface area contributed by atoms with E-state index in [1.165, 1.54) is 0 Å². The molecule has 98 valence electrons. The van der Waals surface area contributed by atoms with Crippen LogP contribution < -0.4 is 5.32 Å². The van der Waals surface area contributed by atoms with Gasteiger partial charge in [-0.2, -0.15) is 0 Å². The molecule has 1 unspecified atom stereocenters. The summed E-state index contributed by atoms with van der Waals surface area (Å²) < 4.78 is 0. The van der Waals surface area contributed by atoms with Crippen molar-refractivity contribution < 1.29 is 4.79 Å². The van der Waals surface area contributed by atoms with Crippen molar-refractivity contribution in [1.82, 2.24) is 0 Å². The van der Waals surface area contributed by atoms with Gasteiger partial charge in [-0.1, -0.05) is 32.4 Å². The zero-order chi connectivity index (χ0) is 13.2. The smallest absolute Gasteiger partial charge is 0.228 e. The monoisotopic (exact) mass is 265 g/mol. The number of alkyl halides is 1. The Morgan fingerprint density at radius 1 is 1.50 bits per heavy atom. The van der Waals surface area contributed by atoms with E-state index in [0.29, 0.717) is 5.88 Å². The van der Waals surface area contributed by atoms with Crippen LogP contribution in [0.4, 0.5) is 5.69 Å². The van der Waals surface area contributed by atoms with E-state index in [4.69, 9.17) is 11.6 Å². The van der Waals surface area contributed by atoms with E-state index in [0.717, 1.165) is 30.5 Å². The van der Waals surface area contributed by atoms with Gasteiger partial charge >= 0.3 is 0 Å². The van der Waals surface area contributed by atoms with Gasteiger partial charge in [0, 0.05) is 17.5 Å². The number of hydrogen-bond acceptors (Lipinski definition) is 1.